The molecule has 3 unspecified atom stereocenters. The van der Waals surface area contributed by atoms with Crippen molar-refractivity contribution in [1.82, 2.24) is 10.3 Å². The SMILES string of the molecule is CCOC(=O)C12CCC(NCCc3c[nH]c4ccccc34)C(CC1)C2=O. The van der Waals surface area contributed by atoms with E-state index in [4.69, 9.17) is 4.74 Å². The third kappa shape index (κ3) is 2.75. The van der Waals surface area contributed by atoms with Gasteiger partial charge in [-0.05, 0) is 57.2 Å². The zero-order valence-electron chi connectivity index (χ0n) is 15.2. The third-order valence-electron chi connectivity index (χ3n) is 6.20. The molecule has 0 radical (unpaired) electrons. The quantitative estimate of drug-likeness (QED) is 0.618. The van der Waals surface area contributed by atoms with E-state index in [1.165, 1.54) is 10.9 Å². The first-order valence-corrected chi connectivity index (χ1v) is 9.65. The fourth-order valence-electron chi connectivity index (χ4n) is 4.80. The minimum absolute atomic E-state index is 0.0453. The zero-order chi connectivity index (χ0) is 18.1. The summed E-state index contributed by atoms with van der Waals surface area (Å²) >= 11 is 0. The van der Waals surface area contributed by atoms with Gasteiger partial charge in [0.05, 0.1) is 6.61 Å². The Labute approximate surface area is 153 Å². The molecule has 26 heavy (non-hydrogen) atoms. The molecule has 2 saturated carbocycles. The van der Waals surface area contributed by atoms with Gasteiger partial charge < -0.3 is 15.0 Å². The fraction of sp³-hybridized carbons (Fsp3) is 0.524. The summed E-state index contributed by atoms with van der Waals surface area (Å²) in [7, 11) is 0. The number of aromatic nitrogens is 1. The van der Waals surface area contributed by atoms with Gasteiger partial charge in [-0.25, -0.2) is 0 Å². The van der Waals surface area contributed by atoms with E-state index < -0.39 is 5.41 Å². The zero-order valence-corrected chi connectivity index (χ0v) is 15.2. The second-order valence-electron chi connectivity index (χ2n) is 7.52. The molecule has 0 spiro atoms. The van der Waals surface area contributed by atoms with Gasteiger partial charge in [-0.1, -0.05) is 18.2 Å². The molecule has 2 aliphatic carbocycles. The summed E-state index contributed by atoms with van der Waals surface area (Å²) in [6.45, 7) is 2.97. The number of benzene rings is 1. The van der Waals surface area contributed by atoms with Crippen LogP contribution in [0.5, 0.6) is 0 Å². The second-order valence-corrected chi connectivity index (χ2v) is 7.52. The Morgan fingerprint density at radius 1 is 1.31 bits per heavy atom. The van der Waals surface area contributed by atoms with Crippen molar-refractivity contribution in [2.75, 3.05) is 13.2 Å². The molecule has 2 aliphatic rings. The van der Waals surface area contributed by atoms with E-state index in [1.807, 2.05) is 6.07 Å². The number of fused-ring (bicyclic) bond motifs is 3. The number of carbonyl (C=O) groups excluding carboxylic acids is 2. The summed E-state index contributed by atoms with van der Waals surface area (Å²) in [6.07, 6.45) is 5.91. The maximum atomic E-state index is 12.9. The smallest absolute Gasteiger partial charge is 0.319 e. The van der Waals surface area contributed by atoms with Crippen molar-refractivity contribution in [3.8, 4) is 0 Å². The van der Waals surface area contributed by atoms with Crippen LogP contribution in [0.2, 0.25) is 0 Å². The Morgan fingerprint density at radius 3 is 2.96 bits per heavy atom. The predicted octanol–water partition coefficient (Wildman–Crippen LogP) is 2.99. The number of Topliss-reactive ketones (excluding diaryl/α,β-unsaturated/α-hetero) is 1. The van der Waals surface area contributed by atoms with Crippen LogP contribution in [0.1, 0.15) is 38.2 Å². The molecule has 2 N–H and O–H groups in total. The van der Waals surface area contributed by atoms with Crippen LogP contribution in [0.15, 0.2) is 30.5 Å². The van der Waals surface area contributed by atoms with Crippen molar-refractivity contribution in [3.05, 3.63) is 36.0 Å². The molecule has 138 valence electrons. The van der Waals surface area contributed by atoms with Gasteiger partial charge in [-0.15, -0.1) is 0 Å². The topological polar surface area (TPSA) is 71.2 Å². The van der Waals surface area contributed by atoms with Crippen LogP contribution in [0, 0.1) is 11.3 Å². The molecule has 3 atom stereocenters. The molecule has 5 nitrogen and oxygen atoms in total. The molecule has 5 heteroatoms. The number of rotatable bonds is 6. The summed E-state index contributed by atoms with van der Waals surface area (Å²) in [5, 5.41) is 4.84. The van der Waals surface area contributed by atoms with Crippen molar-refractivity contribution >= 4 is 22.7 Å². The second kappa shape index (κ2) is 6.88. The van der Waals surface area contributed by atoms with E-state index in [9.17, 15) is 9.59 Å². The molecular formula is C21H26N2O3. The van der Waals surface area contributed by atoms with E-state index in [2.05, 4.69) is 34.7 Å². The lowest BCUT2D eigenvalue weighted by atomic mass is 9.72. The van der Waals surface area contributed by atoms with Crippen LogP contribution in [-0.4, -0.2) is 35.9 Å². The largest absolute Gasteiger partial charge is 0.465 e. The van der Waals surface area contributed by atoms with Crippen LogP contribution in [0.25, 0.3) is 10.9 Å². The standard InChI is InChI=1S/C21H26N2O3/c1-2-26-20(25)21-10-7-16(19(21)24)18(8-11-21)22-12-9-14-13-23-17-6-4-3-5-15(14)17/h3-6,13,16,18,22-23H,2,7-12H2,1H3. The Bertz CT molecular complexity index is 828. The Hall–Kier alpha value is -2.14. The Kier molecular flexibility index (Phi) is 4.57. The highest BCUT2D eigenvalue weighted by atomic mass is 16.5. The van der Waals surface area contributed by atoms with Gasteiger partial charge in [0.2, 0.25) is 0 Å². The maximum Gasteiger partial charge on any atom is 0.319 e. The summed E-state index contributed by atoms with van der Waals surface area (Å²) < 4.78 is 5.20. The lowest BCUT2D eigenvalue weighted by Crippen LogP contribution is -2.50. The number of carbonyl (C=O) groups is 2. The highest BCUT2D eigenvalue weighted by Crippen LogP contribution is 2.49. The molecule has 0 amide bonds. The lowest BCUT2D eigenvalue weighted by Gasteiger charge is -2.34. The Morgan fingerprint density at radius 2 is 2.12 bits per heavy atom. The summed E-state index contributed by atoms with van der Waals surface area (Å²) in [5.41, 5.74) is 1.60. The van der Waals surface area contributed by atoms with E-state index in [1.54, 1.807) is 6.92 Å². The van der Waals surface area contributed by atoms with Crippen molar-refractivity contribution < 1.29 is 14.3 Å². The molecule has 2 fully saturated rings. The molecule has 0 aliphatic heterocycles. The number of para-hydroxylation sites is 1. The van der Waals surface area contributed by atoms with Crippen LogP contribution in [-0.2, 0) is 20.7 Å². The van der Waals surface area contributed by atoms with Crippen LogP contribution < -0.4 is 5.32 Å². The average molecular weight is 354 g/mol. The van der Waals surface area contributed by atoms with E-state index in [0.717, 1.165) is 31.3 Å². The van der Waals surface area contributed by atoms with Gasteiger partial charge >= 0.3 is 5.97 Å². The van der Waals surface area contributed by atoms with Crippen LogP contribution in [0.4, 0.5) is 0 Å². The molecule has 2 bridgehead atoms. The van der Waals surface area contributed by atoms with E-state index in [0.29, 0.717) is 19.4 Å². The number of ether oxygens (including phenoxy) is 1. The fourth-order valence-corrected chi connectivity index (χ4v) is 4.80. The number of aromatic amines is 1. The first-order valence-electron chi connectivity index (χ1n) is 9.65. The number of hydrogen-bond acceptors (Lipinski definition) is 4. The van der Waals surface area contributed by atoms with Gasteiger partial charge in [0.1, 0.15) is 5.41 Å². The highest BCUT2D eigenvalue weighted by Gasteiger charge is 2.58. The average Bonchev–Trinajstić information content (AvgIpc) is 3.14. The summed E-state index contributed by atoms with van der Waals surface area (Å²) in [6, 6.07) is 8.48. The van der Waals surface area contributed by atoms with Gasteiger partial charge in [-0.3, -0.25) is 9.59 Å². The van der Waals surface area contributed by atoms with Gasteiger partial charge in [-0.2, -0.15) is 0 Å². The normalized spacial score (nSPS) is 27.8. The Balaban J connectivity index is 1.37. The number of nitrogens with one attached hydrogen (secondary N) is 2. The molecule has 2 aromatic rings. The van der Waals surface area contributed by atoms with Crippen molar-refractivity contribution in [3.63, 3.8) is 0 Å². The third-order valence-corrected chi connectivity index (χ3v) is 6.20. The van der Waals surface area contributed by atoms with E-state index in [-0.39, 0.29) is 23.7 Å². The van der Waals surface area contributed by atoms with Crippen molar-refractivity contribution in [1.29, 1.82) is 0 Å². The molecule has 1 aromatic heterocycles. The van der Waals surface area contributed by atoms with Gasteiger partial charge in [0, 0.05) is 29.1 Å². The first kappa shape index (κ1) is 17.3. The summed E-state index contributed by atoms with van der Waals surface area (Å²) in [4.78, 5) is 28.5. The lowest BCUT2D eigenvalue weighted by molar-refractivity contribution is -0.161. The monoisotopic (exact) mass is 354 g/mol. The molecule has 4 rings (SSSR count). The molecule has 1 aromatic carbocycles. The van der Waals surface area contributed by atoms with Crippen LogP contribution >= 0.6 is 0 Å². The van der Waals surface area contributed by atoms with Gasteiger partial charge in [0.25, 0.3) is 0 Å². The maximum absolute atomic E-state index is 12.9. The minimum atomic E-state index is -0.851. The first-order chi connectivity index (χ1) is 12.7. The highest BCUT2D eigenvalue weighted by molar-refractivity contribution is 6.07. The molecule has 1 heterocycles. The van der Waals surface area contributed by atoms with Crippen molar-refractivity contribution in [2.45, 2.75) is 45.1 Å². The van der Waals surface area contributed by atoms with Gasteiger partial charge in [0.15, 0.2) is 5.78 Å². The number of ketones is 1. The van der Waals surface area contributed by atoms with Crippen molar-refractivity contribution in [2.24, 2.45) is 11.3 Å². The van der Waals surface area contributed by atoms with E-state index >= 15 is 0 Å². The van der Waals surface area contributed by atoms with Crippen LogP contribution in [0.3, 0.4) is 0 Å². The molecular weight excluding hydrogens is 328 g/mol. The number of H-pyrrole nitrogens is 1. The molecule has 0 saturated heterocycles. The number of esters is 1. The number of hydrogen-bond donors (Lipinski definition) is 2. The predicted molar refractivity (Wildman–Crippen MR) is 99.8 cm³/mol. The minimum Gasteiger partial charge on any atom is -0.465 e. The summed E-state index contributed by atoms with van der Waals surface area (Å²) in [5.74, 6) is -0.243.